The third-order valence-corrected chi connectivity index (χ3v) is 0.486. The van der Waals surface area contributed by atoms with E-state index >= 15 is 0 Å². The van der Waals surface area contributed by atoms with E-state index in [-0.39, 0.29) is 0 Å². The van der Waals surface area contributed by atoms with Crippen LogP contribution in [0.5, 0.6) is 0 Å². The topological polar surface area (TPSA) is 46.6 Å². The number of nitrogens with zero attached hydrogens (tertiary/aromatic N) is 1. The zero-order chi connectivity index (χ0) is 6.41. The van der Waals surface area contributed by atoms with Crippen molar-refractivity contribution in [3.05, 3.63) is 0 Å². The molecule has 0 atom stereocenters. The molecule has 46 valence electrons. The number of hydrogen-bond acceptors (Lipinski definition) is 3. The molecule has 0 aromatic heterocycles. The summed E-state index contributed by atoms with van der Waals surface area (Å²) in [5.74, 6) is 0. The van der Waals surface area contributed by atoms with Gasteiger partial charge in [0.2, 0.25) is 12.8 Å². The Labute approximate surface area is 47.0 Å². The molecule has 0 rings (SSSR count). The van der Waals surface area contributed by atoms with Crippen molar-refractivity contribution in [2.75, 3.05) is 6.61 Å². The van der Waals surface area contributed by atoms with Crippen LogP contribution in [0.2, 0.25) is 0 Å². The number of carbonyl (C=O) groups is 2. The predicted octanol–water partition coefficient (Wildman–Crippen LogP) is -0.447. The molecule has 0 aromatic rings. The van der Waals surface area contributed by atoms with E-state index in [0.717, 1.165) is 0 Å². The quantitative estimate of drug-likeness (QED) is 0.370. The Hall–Kier alpha value is -0.900. The first-order valence-electron chi connectivity index (χ1n) is 2.17. The number of amides is 2. The van der Waals surface area contributed by atoms with Crippen molar-refractivity contribution < 1.29 is 14.4 Å². The number of rotatable bonds is 4. The highest BCUT2D eigenvalue weighted by Crippen LogP contribution is 1.75. The normalized spacial score (nSPS) is 8.12. The molecule has 4 heteroatoms. The lowest BCUT2D eigenvalue weighted by Gasteiger charge is -2.03. The van der Waals surface area contributed by atoms with Crippen LogP contribution in [-0.4, -0.2) is 24.5 Å². The van der Waals surface area contributed by atoms with E-state index < -0.39 is 0 Å². The third-order valence-electron chi connectivity index (χ3n) is 0.486. The summed E-state index contributed by atoms with van der Waals surface area (Å²) in [5, 5.41) is 0.569. The fraction of sp³-hybridized carbons (Fsp3) is 0.500. The Morgan fingerprint density at radius 3 is 2.12 bits per heavy atom. The molecular formula is C4H7NO3. The second-order valence-electron chi connectivity index (χ2n) is 0.988. The van der Waals surface area contributed by atoms with E-state index in [4.69, 9.17) is 0 Å². The molecule has 8 heavy (non-hydrogen) atoms. The van der Waals surface area contributed by atoms with E-state index in [9.17, 15) is 9.59 Å². The zero-order valence-electron chi connectivity index (χ0n) is 4.53. The van der Waals surface area contributed by atoms with Gasteiger partial charge < -0.3 is 0 Å². The maximum absolute atomic E-state index is 9.70. The zero-order valence-corrected chi connectivity index (χ0v) is 4.53. The summed E-state index contributed by atoms with van der Waals surface area (Å²) in [6, 6.07) is 0. The van der Waals surface area contributed by atoms with Crippen molar-refractivity contribution in [3.8, 4) is 0 Å². The lowest BCUT2D eigenvalue weighted by molar-refractivity contribution is -0.174. The van der Waals surface area contributed by atoms with Crippen molar-refractivity contribution >= 4 is 12.8 Å². The molecule has 0 fully saturated rings. The minimum atomic E-state index is 0.302. The van der Waals surface area contributed by atoms with Crippen LogP contribution >= 0.6 is 0 Å². The molecule has 0 saturated carbocycles. The van der Waals surface area contributed by atoms with Crippen LogP contribution in [0.4, 0.5) is 0 Å². The Morgan fingerprint density at radius 2 is 2.00 bits per heavy atom. The molecule has 4 nitrogen and oxygen atoms in total. The summed E-state index contributed by atoms with van der Waals surface area (Å²) in [6.07, 6.45) is 0.604. The molecule has 0 bridgehead atoms. The summed E-state index contributed by atoms with van der Waals surface area (Å²) in [4.78, 5) is 23.8. The van der Waals surface area contributed by atoms with Crippen LogP contribution in [0, 0.1) is 0 Å². The Kier molecular flexibility index (Phi) is 3.78. The molecular weight excluding hydrogens is 110 g/mol. The number of hydrogen-bond donors (Lipinski definition) is 0. The van der Waals surface area contributed by atoms with Crippen molar-refractivity contribution in [3.63, 3.8) is 0 Å². The first-order chi connectivity index (χ1) is 3.85. The van der Waals surface area contributed by atoms with Gasteiger partial charge in [-0.2, -0.15) is 5.06 Å². The van der Waals surface area contributed by atoms with Gasteiger partial charge in [-0.15, -0.1) is 0 Å². The smallest absolute Gasteiger partial charge is 0.240 e. The predicted molar refractivity (Wildman–Crippen MR) is 25.6 cm³/mol. The maximum Gasteiger partial charge on any atom is 0.240 e. The highest BCUT2D eigenvalue weighted by molar-refractivity contribution is 5.66. The van der Waals surface area contributed by atoms with Gasteiger partial charge in [0.25, 0.3) is 0 Å². The van der Waals surface area contributed by atoms with Crippen LogP contribution in [-0.2, 0) is 14.4 Å². The Balaban J connectivity index is 3.35. The SMILES string of the molecule is CCON(C=O)C=O. The summed E-state index contributed by atoms with van der Waals surface area (Å²) < 4.78 is 0. The van der Waals surface area contributed by atoms with Gasteiger partial charge in [-0.1, -0.05) is 0 Å². The van der Waals surface area contributed by atoms with Crippen molar-refractivity contribution in [1.29, 1.82) is 0 Å². The minimum Gasteiger partial charge on any atom is -0.276 e. The van der Waals surface area contributed by atoms with E-state index in [1.54, 1.807) is 6.92 Å². The Bertz CT molecular complexity index is 75.4. The largest absolute Gasteiger partial charge is 0.276 e. The third kappa shape index (κ3) is 2.30. The van der Waals surface area contributed by atoms with Gasteiger partial charge in [0.05, 0.1) is 6.61 Å². The first-order valence-corrected chi connectivity index (χ1v) is 2.17. The summed E-state index contributed by atoms with van der Waals surface area (Å²) in [5.41, 5.74) is 0. The molecule has 0 spiro atoms. The molecule has 0 N–H and O–H groups in total. The fourth-order valence-corrected chi connectivity index (χ4v) is 0.235. The van der Waals surface area contributed by atoms with Gasteiger partial charge in [0.15, 0.2) is 0 Å². The molecule has 2 amide bonds. The van der Waals surface area contributed by atoms with Crippen molar-refractivity contribution in [1.82, 2.24) is 5.06 Å². The van der Waals surface area contributed by atoms with Crippen LogP contribution in [0.25, 0.3) is 0 Å². The van der Waals surface area contributed by atoms with Crippen LogP contribution in [0.1, 0.15) is 6.92 Å². The van der Waals surface area contributed by atoms with E-state index in [2.05, 4.69) is 4.84 Å². The van der Waals surface area contributed by atoms with E-state index in [1.807, 2.05) is 0 Å². The second-order valence-corrected chi connectivity index (χ2v) is 0.988. The number of carbonyl (C=O) groups excluding carboxylic acids is 2. The summed E-state index contributed by atoms with van der Waals surface area (Å²) >= 11 is 0. The molecule has 0 heterocycles. The van der Waals surface area contributed by atoms with E-state index in [0.29, 0.717) is 24.5 Å². The van der Waals surface area contributed by atoms with Crippen LogP contribution in [0.15, 0.2) is 0 Å². The van der Waals surface area contributed by atoms with Gasteiger partial charge >= 0.3 is 0 Å². The second kappa shape index (κ2) is 4.26. The molecule has 0 aliphatic rings. The van der Waals surface area contributed by atoms with Crippen molar-refractivity contribution in [2.24, 2.45) is 0 Å². The highest BCUT2D eigenvalue weighted by Gasteiger charge is 1.92. The molecule has 0 unspecified atom stereocenters. The van der Waals surface area contributed by atoms with Crippen LogP contribution in [0.3, 0.4) is 0 Å². The highest BCUT2D eigenvalue weighted by atomic mass is 16.7. The minimum absolute atomic E-state index is 0.302. The van der Waals surface area contributed by atoms with Gasteiger partial charge in [-0.25, -0.2) is 0 Å². The number of imide groups is 1. The Morgan fingerprint density at radius 1 is 1.50 bits per heavy atom. The fourth-order valence-electron chi connectivity index (χ4n) is 0.235. The lowest BCUT2D eigenvalue weighted by Crippen LogP contribution is -2.19. The van der Waals surface area contributed by atoms with E-state index in [1.165, 1.54) is 0 Å². The average molecular weight is 117 g/mol. The molecule has 0 aromatic carbocycles. The average Bonchev–Trinajstić information content (AvgIpc) is 1.83. The first kappa shape index (κ1) is 7.10. The van der Waals surface area contributed by atoms with Gasteiger partial charge in [-0.05, 0) is 6.92 Å². The summed E-state index contributed by atoms with van der Waals surface area (Å²) in [7, 11) is 0. The van der Waals surface area contributed by atoms with Gasteiger partial charge in [0.1, 0.15) is 0 Å². The molecule has 0 saturated heterocycles. The maximum atomic E-state index is 9.70. The number of hydroxylamine groups is 2. The lowest BCUT2D eigenvalue weighted by atomic mass is 10.9. The standard InChI is InChI=1S/C4H7NO3/c1-2-8-5(3-6)4-7/h3-4H,2H2,1H3. The molecule has 0 aliphatic carbocycles. The van der Waals surface area contributed by atoms with Gasteiger partial charge in [-0.3, -0.25) is 14.4 Å². The molecule has 0 radical (unpaired) electrons. The van der Waals surface area contributed by atoms with Crippen LogP contribution < -0.4 is 0 Å². The van der Waals surface area contributed by atoms with Gasteiger partial charge in [0, 0.05) is 0 Å². The summed E-state index contributed by atoms with van der Waals surface area (Å²) in [6.45, 7) is 2.00. The molecule has 0 aliphatic heterocycles. The van der Waals surface area contributed by atoms with Crippen molar-refractivity contribution in [2.45, 2.75) is 6.92 Å². The monoisotopic (exact) mass is 117 g/mol.